The SMILES string of the molecule is CN(CCCNc1cc(=O)oc2ccccc12)C(=O)CCCCl. The van der Waals surface area contributed by atoms with E-state index in [0.717, 1.165) is 17.5 Å². The van der Waals surface area contributed by atoms with E-state index in [9.17, 15) is 9.59 Å². The molecule has 0 aliphatic heterocycles. The molecule has 0 aliphatic rings. The Morgan fingerprint density at radius 3 is 2.87 bits per heavy atom. The molecule has 0 radical (unpaired) electrons. The van der Waals surface area contributed by atoms with Crippen molar-refractivity contribution >= 4 is 34.2 Å². The topological polar surface area (TPSA) is 62.6 Å². The second kappa shape index (κ2) is 8.58. The first-order chi connectivity index (χ1) is 11.1. The average molecular weight is 337 g/mol. The minimum Gasteiger partial charge on any atom is -0.423 e. The van der Waals surface area contributed by atoms with Crippen LogP contribution in [0, 0.1) is 0 Å². The summed E-state index contributed by atoms with van der Waals surface area (Å²) < 4.78 is 5.16. The molecular formula is C17H21ClN2O3. The number of para-hydroxylation sites is 1. The first kappa shape index (κ1) is 17.3. The number of fused-ring (bicyclic) bond motifs is 1. The molecule has 0 spiro atoms. The number of benzene rings is 1. The Balaban J connectivity index is 1.87. The third kappa shape index (κ3) is 4.99. The van der Waals surface area contributed by atoms with Crippen LogP contribution in [0.4, 0.5) is 5.69 Å². The molecular weight excluding hydrogens is 316 g/mol. The van der Waals surface area contributed by atoms with Gasteiger partial charge in [-0.2, -0.15) is 0 Å². The summed E-state index contributed by atoms with van der Waals surface area (Å²) in [5.74, 6) is 0.613. The summed E-state index contributed by atoms with van der Waals surface area (Å²) in [5, 5.41) is 4.12. The molecule has 124 valence electrons. The van der Waals surface area contributed by atoms with Gasteiger partial charge in [-0.3, -0.25) is 4.79 Å². The van der Waals surface area contributed by atoms with Crippen molar-refractivity contribution in [3.05, 3.63) is 40.8 Å². The first-order valence-corrected chi connectivity index (χ1v) is 8.22. The highest BCUT2D eigenvalue weighted by Gasteiger charge is 2.08. The minimum atomic E-state index is -0.375. The Hall–Kier alpha value is -2.01. The summed E-state index contributed by atoms with van der Waals surface area (Å²) in [4.78, 5) is 25.1. The summed E-state index contributed by atoms with van der Waals surface area (Å²) in [6, 6.07) is 8.86. The van der Waals surface area contributed by atoms with Gasteiger partial charge in [0.2, 0.25) is 5.91 Å². The Labute approximate surface area is 140 Å². The van der Waals surface area contributed by atoms with Crippen LogP contribution in [0.5, 0.6) is 0 Å². The molecule has 23 heavy (non-hydrogen) atoms. The van der Waals surface area contributed by atoms with E-state index in [1.54, 1.807) is 18.0 Å². The van der Waals surface area contributed by atoms with Crippen LogP contribution in [-0.4, -0.2) is 36.8 Å². The van der Waals surface area contributed by atoms with Crippen molar-refractivity contribution in [2.24, 2.45) is 0 Å². The molecule has 0 unspecified atom stereocenters. The van der Waals surface area contributed by atoms with E-state index in [1.807, 2.05) is 18.2 Å². The molecule has 0 saturated heterocycles. The number of halogens is 1. The van der Waals surface area contributed by atoms with Gasteiger partial charge in [0.1, 0.15) is 5.58 Å². The fourth-order valence-electron chi connectivity index (χ4n) is 2.33. The fraction of sp³-hybridized carbons (Fsp3) is 0.412. The molecule has 0 saturated carbocycles. The van der Waals surface area contributed by atoms with Crippen LogP contribution in [0.25, 0.3) is 11.0 Å². The van der Waals surface area contributed by atoms with Crippen molar-refractivity contribution in [1.29, 1.82) is 0 Å². The Morgan fingerprint density at radius 2 is 2.09 bits per heavy atom. The number of nitrogens with zero attached hydrogens (tertiary/aromatic N) is 1. The van der Waals surface area contributed by atoms with Gasteiger partial charge >= 0.3 is 5.63 Å². The highest BCUT2D eigenvalue weighted by atomic mass is 35.5. The lowest BCUT2D eigenvalue weighted by atomic mass is 10.2. The highest BCUT2D eigenvalue weighted by Crippen LogP contribution is 2.20. The van der Waals surface area contributed by atoms with E-state index in [2.05, 4.69) is 5.32 Å². The molecule has 6 heteroatoms. The second-order valence-corrected chi connectivity index (χ2v) is 5.74. The number of anilines is 1. The Kier molecular flexibility index (Phi) is 6.47. The molecule has 1 amide bonds. The summed E-state index contributed by atoms with van der Waals surface area (Å²) >= 11 is 5.59. The van der Waals surface area contributed by atoms with Crippen LogP contribution < -0.4 is 10.9 Å². The first-order valence-electron chi connectivity index (χ1n) is 7.68. The lowest BCUT2D eigenvalue weighted by molar-refractivity contribution is -0.129. The van der Waals surface area contributed by atoms with Crippen LogP contribution >= 0.6 is 11.6 Å². The van der Waals surface area contributed by atoms with Gasteiger partial charge in [0.15, 0.2) is 0 Å². The van der Waals surface area contributed by atoms with E-state index >= 15 is 0 Å². The summed E-state index contributed by atoms with van der Waals surface area (Å²) in [7, 11) is 1.79. The Bertz CT molecular complexity index is 714. The molecule has 2 rings (SSSR count). The van der Waals surface area contributed by atoms with Gasteiger partial charge in [-0.25, -0.2) is 4.79 Å². The fourth-order valence-corrected chi connectivity index (χ4v) is 2.46. The number of rotatable bonds is 8. The molecule has 5 nitrogen and oxygen atoms in total. The average Bonchev–Trinajstić information content (AvgIpc) is 2.55. The van der Waals surface area contributed by atoms with Gasteiger partial charge in [0.25, 0.3) is 0 Å². The third-order valence-corrected chi connectivity index (χ3v) is 3.85. The monoisotopic (exact) mass is 336 g/mol. The lowest BCUT2D eigenvalue weighted by Crippen LogP contribution is -2.28. The molecule has 0 bridgehead atoms. The molecule has 1 aromatic heterocycles. The summed E-state index contributed by atoms with van der Waals surface area (Å²) in [6.45, 7) is 1.33. The molecule has 0 fully saturated rings. The number of nitrogens with one attached hydrogen (secondary N) is 1. The zero-order valence-corrected chi connectivity index (χ0v) is 13.9. The van der Waals surface area contributed by atoms with Crippen LogP contribution in [0.15, 0.2) is 39.5 Å². The molecule has 2 aromatic rings. The van der Waals surface area contributed by atoms with Crippen molar-refractivity contribution in [1.82, 2.24) is 4.90 Å². The quantitative estimate of drug-likeness (QED) is 0.457. The van der Waals surface area contributed by atoms with E-state index in [0.29, 0.717) is 37.4 Å². The van der Waals surface area contributed by atoms with Crippen molar-refractivity contribution in [3.63, 3.8) is 0 Å². The lowest BCUT2D eigenvalue weighted by Gasteiger charge is -2.17. The maximum atomic E-state index is 11.8. The molecule has 1 aromatic carbocycles. The van der Waals surface area contributed by atoms with Gasteiger partial charge < -0.3 is 14.6 Å². The zero-order valence-electron chi connectivity index (χ0n) is 13.2. The molecule has 1 heterocycles. The Morgan fingerprint density at radius 1 is 1.30 bits per heavy atom. The van der Waals surface area contributed by atoms with Crippen LogP contribution in [0.2, 0.25) is 0 Å². The van der Waals surface area contributed by atoms with Gasteiger partial charge in [0.05, 0.1) is 5.69 Å². The maximum Gasteiger partial charge on any atom is 0.338 e. The van der Waals surface area contributed by atoms with Crippen molar-refractivity contribution < 1.29 is 9.21 Å². The van der Waals surface area contributed by atoms with Crippen molar-refractivity contribution in [3.8, 4) is 0 Å². The molecule has 0 aliphatic carbocycles. The predicted molar refractivity (Wildman–Crippen MR) is 93.2 cm³/mol. The summed E-state index contributed by atoms with van der Waals surface area (Å²) in [6.07, 6.45) is 1.98. The molecule has 1 N–H and O–H groups in total. The van der Waals surface area contributed by atoms with Crippen LogP contribution in [0.3, 0.4) is 0 Å². The predicted octanol–water partition coefficient (Wildman–Crippen LogP) is 3.07. The third-order valence-electron chi connectivity index (χ3n) is 3.59. The smallest absolute Gasteiger partial charge is 0.338 e. The zero-order chi connectivity index (χ0) is 16.7. The molecule has 0 atom stereocenters. The van der Waals surface area contributed by atoms with Gasteiger partial charge in [-0.15, -0.1) is 11.6 Å². The number of amides is 1. The van der Waals surface area contributed by atoms with Gasteiger partial charge in [0, 0.05) is 43.9 Å². The van der Waals surface area contributed by atoms with Gasteiger partial charge in [-0.05, 0) is 25.0 Å². The normalized spacial score (nSPS) is 10.7. The number of hydrogen-bond acceptors (Lipinski definition) is 4. The second-order valence-electron chi connectivity index (χ2n) is 5.36. The van der Waals surface area contributed by atoms with Crippen LogP contribution in [-0.2, 0) is 4.79 Å². The van der Waals surface area contributed by atoms with E-state index in [1.165, 1.54) is 6.07 Å². The number of carbonyl (C=O) groups is 1. The van der Waals surface area contributed by atoms with E-state index in [-0.39, 0.29) is 11.5 Å². The van der Waals surface area contributed by atoms with Crippen molar-refractivity contribution in [2.45, 2.75) is 19.3 Å². The van der Waals surface area contributed by atoms with Gasteiger partial charge in [-0.1, -0.05) is 12.1 Å². The minimum absolute atomic E-state index is 0.108. The number of carbonyl (C=O) groups excluding carboxylic acids is 1. The maximum absolute atomic E-state index is 11.8. The standard InChI is InChI=1S/C17H21ClN2O3/c1-20(16(21)8-4-9-18)11-5-10-19-14-12-17(22)23-15-7-3-2-6-13(14)15/h2-3,6-7,12,19H,4-5,8-11H2,1H3. The van der Waals surface area contributed by atoms with E-state index < -0.39 is 0 Å². The number of hydrogen-bond donors (Lipinski definition) is 1. The van der Waals surface area contributed by atoms with E-state index in [4.69, 9.17) is 16.0 Å². The largest absolute Gasteiger partial charge is 0.423 e. The highest BCUT2D eigenvalue weighted by molar-refractivity contribution is 6.17. The number of alkyl halides is 1. The van der Waals surface area contributed by atoms with Crippen molar-refractivity contribution in [2.75, 3.05) is 31.3 Å². The van der Waals surface area contributed by atoms with Crippen LogP contribution in [0.1, 0.15) is 19.3 Å². The summed E-state index contributed by atoms with van der Waals surface area (Å²) in [5.41, 5.74) is 0.948.